The minimum Gasteiger partial charge on any atom is -0.326 e. The zero-order valence-electron chi connectivity index (χ0n) is 8.76. The zero-order chi connectivity index (χ0) is 10.4. The van der Waals surface area contributed by atoms with Gasteiger partial charge in [0.05, 0.1) is 0 Å². The van der Waals surface area contributed by atoms with Gasteiger partial charge in [-0.05, 0) is 24.5 Å². The minimum absolute atomic E-state index is 0.0667. The van der Waals surface area contributed by atoms with Crippen molar-refractivity contribution in [2.75, 3.05) is 5.32 Å². The maximum Gasteiger partial charge on any atom is 0.224 e. The van der Waals surface area contributed by atoms with Gasteiger partial charge >= 0.3 is 0 Å². The summed E-state index contributed by atoms with van der Waals surface area (Å²) in [6.45, 7) is 4.06. The van der Waals surface area contributed by atoms with Crippen LogP contribution < -0.4 is 5.32 Å². The van der Waals surface area contributed by atoms with E-state index in [0.717, 1.165) is 24.1 Å². The van der Waals surface area contributed by atoms with Gasteiger partial charge in [0, 0.05) is 18.2 Å². The molecule has 0 fully saturated rings. The number of benzene rings is 1. The first-order chi connectivity index (χ1) is 6.76. The molecule has 0 aliphatic carbocycles. The molecule has 2 heteroatoms. The van der Waals surface area contributed by atoms with Crippen molar-refractivity contribution in [3.8, 4) is 0 Å². The molecule has 0 aliphatic rings. The van der Waals surface area contributed by atoms with Crippen molar-refractivity contribution in [3.05, 3.63) is 29.8 Å². The smallest absolute Gasteiger partial charge is 0.224 e. The van der Waals surface area contributed by atoms with Crippen molar-refractivity contribution in [2.45, 2.75) is 33.1 Å². The molecule has 0 atom stereocenters. The van der Waals surface area contributed by atoms with Gasteiger partial charge in [0.15, 0.2) is 0 Å². The van der Waals surface area contributed by atoms with E-state index in [4.69, 9.17) is 0 Å². The molecule has 0 unspecified atom stereocenters. The van der Waals surface area contributed by atoms with Gasteiger partial charge in [0.1, 0.15) is 0 Å². The van der Waals surface area contributed by atoms with E-state index in [1.165, 1.54) is 0 Å². The highest BCUT2D eigenvalue weighted by atomic mass is 16.1. The molecule has 0 saturated heterocycles. The molecular formula is C12H16NO. The zero-order valence-corrected chi connectivity index (χ0v) is 8.76. The molecule has 0 aliphatic heterocycles. The van der Waals surface area contributed by atoms with Crippen LogP contribution in [0.2, 0.25) is 0 Å². The summed E-state index contributed by atoms with van der Waals surface area (Å²) in [5, 5.41) is 2.82. The summed E-state index contributed by atoms with van der Waals surface area (Å²) in [7, 11) is 0. The predicted molar refractivity (Wildman–Crippen MR) is 58.2 cm³/mol. The first-order valence-electron chi connectivity index (χ1n) is 5.07. The molecule has 0 bridgehead atoms. The van der Waals surface area contributed by atoms with Crippen LogP contribution in [0.4, 0.5) is 5.69 Å². The van der Waals surface area contributed by atoms with E-state index in [2.05, 4.69) is 18.3 Å². The third kappa shape index (κ3) is 3.21. The molecule has 1 amide bonds. The number of hydrogen-bond acceptors (Lipinski definition) is 1. The average molecular weight is 190 g/mol. The molecule has 75 valence electrons. The molecule has 1 aromatic rings. The first-order valence-corrected chi connectivity index (χ1v) is 5.07. The molecule has 1 rings (SSSR count). The third-order valence-corrected chi connectivity index (χ3v) is 1.99. The Morgan fingerprint density at radius 1 is 1.43 bits per heavy atom. The van der Waals surface area contributed by atoms with E-state index in [-0.39, 0.29) is 5.91 Å². The van der Waals surface area contributed by atoms with Crippen LogP contribution in [-0.2, 0) is 11.2 Å². The molecular weight excluding hydrogens is 174 g/mol. The van der Waals surface area contributed by atoms with Crippen LogP contribution in [0, 0.1) is 6.07 Å². The predicted octanol–water partition coefficient (Wildman–Crippen LogP) is 2.79. The van der Waals surface area contributed by atoms with Gasteiger partial charge in [-0.25, -0.2) is 0 Å². The molecule has 0 spiro atoms. The van der Waals surface area contributed by atoms with Crippen molar-refractivity contribution in [1.82, 2.24) is 0 Å². The van der Waals surface area contributed by atoms with Gasteiger partial charge in [0.25, 0.3) is 0 Å². The Kier molecular flexibility index (Phi) is 4.17. The highest BCUT2D eigenvalue weighted by Gasteiger charge is 2.00. The Bertz CT molecular complexity index is 307. The highest BCUT2D eigenvalue weighted by Crippen LogP contribution is 2.10. The summed E-state index contributed by atoms with van der Waals surface area (Å²) in [4.78, 5) is 11.3. The van der Waals surface area contributed by atoms with Crippen molar-refractivity contribution in [3.63, 3.8) is 0 Å². The second-order valence-electron chi connectivity index (χ2n) is 3.24. The van der Waals surface area contributed by atoms with E-state index in [9.17, 15) is 4.79 Å². The van der Waals surface area contributed by atoms with E-state index in [1.54, 1.807) is 0 Å². The van der Waals surface area contributed by atoms with E-state index in [1.807, 2.05) is 25.1 Å². The number of nitrogens with one attached hydrogen (secondary N) is 1. The molecule has 1 aromatic carbocycles. The second kappa shape index (κ2) is 5.43. The molecule has 14 heavy (non-hydrogen) atoms. The molecule has 0 saturated carbocycles. The van der Waals surface area contributed by atoms with Gasteiger partial charge in [-0.3, -0.25) is 4.79 Å². The summed E-state index contributed by atoms with van der Waals surface area (Å²) >= 11 is 0. The fourth-order valence-corrected chi connectivity index (χ4v) is 1.24. The van der Waals surface area contributed by atoms with Crippen LogP contribution in [0.5, 0.6) is 0 Å². The van der Waals surface area contributed by atoms with Crippen molar-refractivity contribution < 1.29 is 4.79 Å². The lowest BCUT2D eigenvalue weighted by Gasteiger charge is -2.04. The quantitative estimate of drug-likeness (QED) is 0.777. The summed E-state index contributed by atoms with van der Waals surface area (Å²) in [6, 6.07) is 8.97. The number of rotatable bonds is 4. The maximum atomic E-state index is 11.3. The van der Waals surface area contributed by atoms with E-state index < -0.39 is 0 Å². The van der Waals surface area contributed by atoms with Gasteiger partial charge in [-0.15, -0.1) is 0 Å². The standard InChI is InChI=1S/C12H16NO/c1-3-6-12(14)13-11-8-5-7-10(4-2)9-11/h5,7-8H,3-4,6H2,1-2H3,(H,13,14). The lowest BCUT2D eigenvalue weighted by atomic mass is 10.1. The fraction of sp³-hybridized carbons (Fsp3) is 0.417. The first kappa shape index (κ1) is 10.8. The van der Waals surface area contributed by atoms with Gasteiger partial charge < -0.3 is 5.32 Å². The summed E-state index contributed by atoms with van der Waals surface area (Å²) in [5.74, 6) is 0.0667. The molecule has 0 aromatic heterocycles. The third-order valence-electron chi connectivity index (χ3n) is 1.99. The van der Waals surface area contributed by atoms with Crippen molar-refractivity contribution in [2.24, 2.45) is 0 Å². The molecule has 0 heterocycles. The number of amides is 1. The maximum absolute atomic E-state index is 11.3. The van der Waals surface area contributed by atoms with Crippen LogP contribution in [0.15, 0.2) is 18.2 Å². The molecule has 1 radical (unpaired) electrons. The van der Waals surface area contributed by atoms with Gasteiger partial charge in [-0.2, -0.15) is 0 Å². The summed E-state index contributed by atoms with van der Waals surface area (Å²) in [5.41, 5.74) is 1.90. The number of carbonyl (C=O) groups is 1. The topological polar surface area (TPSA) is 29.1 Å². The Labute approximate surface area is 85.3 Å². The largest absolute Gasteiger partial charge is 0.326 e. The molecule has 2 nitrogen and oxygen atoms in total. The number of hydrogen-bond donors (Lipinski definition) is 1. The van der Waals surface area contributed by atoms with E-state index >= 15 is 0 Å². The Hall–Kier alpha value is -1.31. The number of anilines is 1. The lowest BCUT2D eigenvalue weighted by molar-refractivity contribution is -0.116. The highest BCUT2D eigenvalue weighted by molar-refractivity contribution is 5.90. The summed E-state index contributed by atoms with van der Waals surface area (Å²) < 4.78 is 0. The Balaban J connectivity index is 2.62. The SMILES string of the molecule is CCCC(=O)Nc1[c]c(CC)ccc1. The van der Waals surface area contributed by atoms with Crippen LogP contribution in [0.1, 0.15) is 32.3 Å². The van der Waals surface area contributed by atoms with Crippen molar-refractivity contribution in [1.29, 1.82) is 0 Å². The number of aryl methyl sites for hydroxylation is 1. The number of carbonyl (C=O) groups excluding carboxylic acids is 1. The van der Waals surface area contributed by atoms with Gasteiger partial charge in [-0.1, -0.05) is 26.0 Å². The molecule has 1 N–H and O–H groups in total. The monoisotopic (exact) mass is 190 g/mol. The minimum atomic E-state index is 0.0667. The van der Waals surface area contributed by atoms with Crippen LogP contribution >= 0.6 is 0 Å². The lowest BCUT2D eigenvalue weighted by Crippen LogP contribution is -2.10. The summed E-state index contributed by atoms with van der Waals surface area (Å²) in [6.07, 6.45) is 2.39. The second-order valence-corrected chi connectivity index (χ2v) is 3.24. The van der Waals surface area contributed by atoms with Gasteiger partial charge in [0.2, 0.25) is 5.91 Å². The Morgan fingerprint density at radius 3 is 2.86 bits per heavy atom. The normalized spacial score (nSPS) is 9.86. The fourth-order valence-electron chi connectivity index (χ4n) is 1.24. The van der Waals surface area contributed by atoms with Crippen LogP contribution in [0.3, 0.4) is 0 Å². The van der Waals surface area contributed by atoms with Crippen LogP contribution in [0.25, 0.3) is 0 Å². The average Bonchev–Trinajstić information content (AvgIpc) is 2.18. The van der Waals surface area contributed by atoms with E-state index in [0.29, 0.717) is 6.42 Å². The Morgan fingerprint density at radius 2 is 2.21 bits per heavy atom. The van der Waals surface area contributed by atoms with Crippen molar-refractivity contribution >= 4 is 11.6 Å². The van der Waals surface area contributed by atoms with Crippen LogP contribution in [-0.4, -0.2) is 5.91 Å².